The summed E-state index contributed by atoms with van der Waals surface area (Å²) in [6.07, 6.45) is 1.65. The van der Waals surface area contributed by atoms with Crippen LogP contribution in [-0.2, 0) is 0 Å². The minimum Gasteiger partial charge on any atom is -0.366 e. The summed E-state index contributed by atoms with van der Waals surface area (Å²) in [5.74, 6) is 0.656. The molecule has 0 unspecified atom stereocenters. The maximum absolute atomic E-state index is 11.2. The van der Waals surface area contributed by atoms with Crippen molar-refractivity contribution in [2.24, 2.45) is 5.73 Å². The molecule has 0 aliphatic carbocycles. The molecule has 7 nitrogen and oxygen atoms in total. The summed E-state index contributed by atoms with van der Waals surface area (Å²) in [5.41, 5.74) is 7.84. The van der Waals surface area contributed by atoms with Gasteiger partial charge in [0.25, 0.3) is 0 Å². The molecule has 3 rings (SSSR count). The molecule has 2 heterocycles. The molecule has 0 saturated heterocycles. The molecule has 0 aliphatic heterocycles. The smallest absolute Gasteiger partial charge is 0.248 e. The first kappa shape index (κ1) is 12.1. The van der Waals surface area contributed by atoms with E-state index in [9.17, 15) is 4.79 Å². The number of benzene rings is 1. The first-order valence-corrected chi connectivity index (χ1v) is 5.98. The van der Waals surface area contributed by atoms with Crippen molar-refractivity contribution in [2.75, 3.05) is 12.4 Å². The van der Waals surface area contributed by atoms with E-state index in [0.29, 0.717) is 23.0 Å². The highest BCUT2D eigenvalue weighted by atomic mass is 16.1. The van der Waals surface area contributed by atoms with Crippen molar-refractivity contribution in [3.8, 4) is 11.5 Å². The number of nitrogens with two attached hydrogens (primary N) is 1. The standard InChI is InChI=1S/C13H12N6O/c1-15-13-16-5-4-9(19-13)12-17-8-3-2-7(11(14)20)6-10(8)18-12/h2-6H,1H3,(H2,14,20)(H,17,18)(H,15,16,19). The second kappa shape index (κ2) is 4.61. The van der Waals surface area contributed by atoms with Crippen LogP contribution in [0.3, 0.4) is 0 Å². The minimum absolute atomic E-state index is 0.436. The molecule has 1 aromatic carbocycles. The molecule has 3 aromatic rings. The highest BCUT2D eigenvalue weighted by molar-refractivity contribution is 5.96. The number of aromatic nitrogens is 4. The van der Waals surface area contributed by atoms with E-state index in [1.807, 2.05) is 0 Å². The van der Waals surface area contributed by atoms with Gasteiger partial charge in [0.2, 0.25) is 11.9 Å². The van der Waals surface area contributed by atoms with Gasteiger partial charge < -0.3 is 16.0 Å². The zero-order valence-electron chi connectivity index (χ0n) is 10.7. The number of aromatic amines is 1. The third kappa shape index (κ3) is 2.05. The lowest BCUT2D eigenvalue weighted by atomic mass is 10.2. The van der Waals surface area contributed by atoms with Crippen LogP contribution in [0, 0.1) is 0 Å². The number of primary amides is 1. The van der Waals surface area contributed by atoms with Crippen molar-refractivity contribution >= 4 is 22.9 Å². The summed E-state index contributed by atoms with van der Waals surface area (Å²) >= 11 is 0. The quantitative estimate of drug-likeness (QED) is 0.660. The number of imidazole rings is 1. The van der Waals surface area contributed by atoms with Gasteiger partial charge in [-0.1, -0.05) is 0 Å². The number of rotatable bonds is 3. The summed E-state index contributed by atoms with van der Waals surface area (Å²) in [7, 11) is 1.75. The van der Waals surface area contributed by atoms with E-state index in [2.05, 4.69) is 25.3 Å². The third-order valence-electron chi connectivity index (χ3n) is 2.89. The third-order valence-corrected chi connectivity index (χ3v) is 2.89. The van der Waals surface area contributed by atoms with Gasteiger partial charge in [-0.15, -0.1) is 0 Å². The van der Waals surface area contributed by atoms with Crippen LogP contribution in [0.5, 0.6) is 0 Å². The lowest BCUT2D eigenvalue weighted by Gasteiger charge is -1.99. The number of hydrogen-bond acceptors (Lipinski definition) is 5. The molecule has 0 fully saturated rings. The molecular formula is C13H12N6O. The predicted octanol–water partition coefficient (Wildman–Crippen LogP) is 1.16. The van der Waals surface area contributed by atoms with E-state index in [1.165, 1.54) is 0 Å². The largest absolute Gasteiger partial charge is 0.366 e. The number of nitrogens with one attached hydrogen (secondary N) is 2. The molecule has 1 amide bonds. The fourth-order valence-electron chi connectivity index (χ4n) is 1.90. The van der Waals surface area contributed by atoms with Gasteiger partial charge in [0.1, 0.15) is 5.69 Å². The number of H-pyrrole nitrogens is 1. The van der Waals surface area contributed by atoms with Crippen molar-refractivity contribution in [2.45, 2.75) is 0 Å². The number of hydrogen-bond donors (Lipinski definition) is 3. The van der Waals surface area contributed by atoms with Gasteiger partial charge in [0.05, 0.1) is 11.0 Å². The van der Waals surface area contributed by atoms with Gasteiger partial charge in [0.15, 0.2) is 5.82 Å². The maximum atomic E-state index is 11.2. The van der Waals surface area contributed by atoms with Gasteiger partial charge >= 0.3 is 0 Å². The molecule has 0 radical (unpaired) electrons. The fraction of sp³-hybridized carbons (Fsp3) is 0.0769. The Labute approximate surface area is 114 Å². The Balaban J connectivity index is 2.10. The molecule has 2 aromatic heterocycles. The summed E-state index contributed by atoms with van der Waals surface area (Å²) in [6.45, 7) is 0. The predicted molar refractivity (Wildman–Crippen MR) is 75.2 cm³/mol. The molecule has 7 heteroatoms. The van der Waals surface area contributed by atoms with E-state index in [4.69, 9.17) is 5.73 Å². The van der Waals surface area contributed by atoms with E-state index < -0.39 is 5.91 Å². The Morgan fingerprint density at radius 1 is 1.30 bits per heavy atom. The Hall–Kier alpha value is -2.96. The summed E-state index contributed by atoms with van der Waals surface area (Å²) in [5, 5.41) is 2.87. The number of carbonyl (C=O) groups excluding carboxylic acids is 1. The van der Waals surface area contributed by atoms with Crippen LogP contribution in [0.15, 0.2) is 30.5 Å². The lowest BCUT2D eigenvalue weighted by Crippen LogP contribution is -2.10. The average Bonchev–Trinajstić information content (AvgIpc) is 2.90. The zero-order chi connectivity index (χ0) is 14.1. The van der Waals surface area contributed by atoms with Crippen LogP contribution in [0.25, 0.3) is 22.6 Å². The second-order valence-corrected chi connectivity index (χ2v) is 4.20. The Bertz CT molecular complexity index is 794. The van der Waals surface area contributed by atoms with E-state index in [-0.39, 0.29) is 0 Å². The van der Waals surface area contributed by atoms with Crippen molar-refractivity contribution in [3.63, 3.8) is 0 Å². The van der Waals surface area contributed by atoms with Gasteiger partial charge in [-0.3, -0.25) is 4.79 Å². The minimum atomic E-state index is -0.470. The van der Waals surface area contributed by atoms with E-state index >= 15 is 0 Å². The van der Waals surface area contributed by atoms with Crippen molar-refractivity contribution in [3.05, 3.63) is 36.0 Å². The molecule has 100 valence electrons. The average molecular weight is 268 g/mol. The molecule has 20 heavy (non-hydrogen) atoms. The van der Waals surface area contributed by atoms with E-state index in [0.717, 1.165) is 11.0 Å². The van der Waals surface area contributed by atoms with Gasteiger partial charge in [0, 0.05) is 18.8 Å². The molecular weight excluding hydrogens is 256 g/mol. The first-order chi connectivity index (χ1) is 9.67. The van der Waals surface area contributed by atoms with Gasteiger partial charge in [-0.2, -0.15) is 0 Å². The number of anilines is 1. The second-order valence-electron chi connectivity index (χ2n) is 4.20. The maximum Gasteiger partial charge on any atom is 0.248 e. The van der Waals surface area contributed by atoms with Crippen LogP contribution in [0.4, 0.5) is 5.95 Å². The van der Waals surface area contributed by atoms with Crippen LogP contribution >= 0.6 is 0 Å². The summed E-state index contributed by atoms with van der Waals surface area (Å²) in [6, 6.07) is 6.83. The Kier molecular flexibility index (Phi) is 2.79. The number of amides is 1. The topological polar surface area (TPSA) is 110 Å². The molecule has 0 spiro atoms. The van der Waals surface area contributed by atoms with Gasteiger partial charge in [-0.25, -0.2) is 15.0 Å². The fourth-order valence-corrected chi connectivity index (χ4v) is 1.90. The highest BCUT2D eigenvalue weighted by Gasteiger charge is 2.09. The molecule has 0 bridgehead atoms. The summed E-state index contributed by atoms with van der Waals surface area (Å²) in [4.78, 5) is 27.1. The molecule has 4 N–H and O–H groups in total. The van der Waals surface area contributed by atoms with Crippen molar-refractivity contribution < 1.29 is 4.79 Å². The SMILES string of the molecule is CNc1nccc(-c2nc3ccc(C(N)=O)cc3[nH]2)n1. The monoisotopic (exact) mass is 268 g/mol. The Morgan fingerprint density at radius 3 is 2.90 bits per heavy atom. The number of fused-ring (bicyclic) bond motifs is 1. The van der Waals surface area contributed by atoms with Crippen LogP contribution in [0.1, 0.15) is 10.4 Å². The number of carbonyl (C=O) groups is 1. The van der Waals surface area contributed by atoms with Crippen molar-refractivity contribution in [1.82, 2.24) is 19.9 Å². The molecule has 0 aliphatic rings. The Morgan fingerprint density at radius 2 is 2.15 bits per heavy atom. The normalized spacial score (nSPS) is 10.7. The highest BCUT2D eigenvalue weighted by Crippen LogP contribution is 2.20. The van der Waals surface area contributed by atoms with Crippen molar-refractivity contribution in [1.29, 1.82) is 0 Å². The summed E-state index contributed by atoms with van der Waals surface area (Å²) < 4.78 is 0. The zero-order valence-corrected chi connectivity index (χ0v) is 10.7. The van der Waals surface area contributed by atoms with E-state index in [1.54, 1.807) is 37.5 Å². The molecule has 0 atom stereocenters. The van der Waals surface area contributed by atoms with Crippen LogP contribution in [-0.4, -0.2) is 32.9 Å². The number of nitrogens with zero attached hydrogens (tertiary/aromatic N) is 3. The lowest BCUT2D eigenvalue weighted by molar-refractivity contribution is 0.100. The first-order valence-electron chi connectivity index (χ1n) is 5.98. The van der Waals surface area contributed by atoms with Crippen LogP contribution in [0.2, 0.25) is 0 Å². The molecule has 0 saturated carbocycles. The van der Waals surface area contributed by atoms with Gasteiger partial charge in [-0.05, 0) is 24.3 Å². The van der Waals surface area contributed by atoms with Crippen LogP contribution < -0.4 is 11.1 Å².